The number of allylic oxidation sites excluding steroid dienone is 1. The van der Waals surface area contributed by atoms with Gasteiger partial charge in [0.2, 0.25) is 11.9 Å². The zero-order chi connectivity index (χ0) is 20.9. The fourth-order valence-electron chi connectivity index (χ4n) is 4.12. The van der Waals surface area contributed by atoms with E-state index >= 15 is 0 Å². The van der Waals surface area contributed by atoms with Gasteiger partial charge >= 0.3 is 0 Å². The maximum Gasteiger partial charge on any atom is 0.223 e. The number of amides is 1. The summed E-state index contributed by atoms with van der Waals surface area (Å²) in [4.78, 5) is 19.6. The number of imidazole rings is 1. The molecule has 1 N–H and O–H groups in total. The topological polar surface area (TPSA) is 50.2 Å². The van der Waals surface area contributed by atoms with Gasteiger partial charge in [-0.15, -0.1) is 6.58 Å². The molecule has 0 unspecified atom stereocenters. The molecule has 6 heteroatoms. The number of nitrogens with one attached hydrogen (secondary N) is 1. The van der Waals surface area contributed by atoms with E-state index in [1.165, 1.54) is 6.07 Å². The fourth-order valence-corrected chi connectivity index (χ4v) is 4.12. The second kappa shape index (κ2) is 9.11. The van der Waals surface area contributed by atoms with E-state index in [4.69, 9.17) is 4.98 Å². The summed E-state index contributed by atoms with van der Waals surface area (Å²) in [5, 5.41) is 2.98. The van der Waals surface area contributed by atoms with Crippen LogP contribution in [0.15, 0.2) is 61.2 Å². The number of aromatic nitrogens is 2. The summed E-state index contributed by atoms with van der Waals surface area (Å²) < 4.78 is 15.9. The van der Waals surface area contributed by atoms with Crippen LogP contribution in [0.5, 0.6) is 0 Å². The minimum absolute atomic E-state index is 0.0147. The summed E-state index contributed by atoms with van der Waals surface area (Å²) in [6, 6.07) is 14.8. The van der Waals surface area contributed by atoms with E-state index in [9.17, 15) is 9.18 Å². The lowest BCUT2D eigenvalue weighted by Crippen LogP contribution is -2.42. The van der Waals surface area contributed by atoms with Crippen molar-refractivity contribution >= 4 is 22.9 Å². The second-order valence-electron chi connectivity index (χ2n) is 7.69. The number of halogens is 1. The Bertz CT molecular complexity index is 1040. The molecule has 0 atom stereocenters. The maximum atomic E-state index is 13.7. The molecule has 30 heavy (non-hydrogen) atoms. The van der Waals surface area contributed by atoms with E-state index in [1.807, 2.05) is 30.3 Å². The van der Waals surface area contributed by atoms with Crippen molar-refractivity contribution in [2.75, 3.05) is 24.5 Å². The van der Waals surface area contributed by atoms with Crippen molar-refractivity contribution in [1.29, 1.82) is 0 Å². The molecule has 4 rings (SSSR count). The number of piperidine rings is 1. The van der Waals surface area contributed by atoms with Crippen LogP contribution in [-0.4, -0.2) is 35.1 Å². The molecule has 0 aliphatic carbocycles. The highest BCUT2D eigenvalue weighted by atomic mass is 19.1. The maximum absolute atomic E-state index is 13.7. The van der Waals surface area contributed by atoms with Crippen molar-refractivity contribution in [2.45, 2.75) is 25.8 Å². The molecule has 0 saturated carbocycles. The van der Waals surface area contributed by atoms with Gasteiger partial charge in [0.25, 0.3) is 0 Å². The number of anilines is 1. The van der Waals surface area contributed by atoms with E-state index < -0.39 is 0 Å². The van der Waals surface area contributed by atoms with E-state index in [0.717, 1.165) is 42.9 Å². The SMILES string of the molecule is C=CCn1c(N2CCC(C(=O)NCCc3ccccc3F)CC2)nc2ccccc21. The third-order valence-corrected chi connectivity index (χ3v) is 5.75. The van der Waals surface area contributed by atoms with Crippen LogP contribution in [0.2, 0.25) is 0 Å². The Kier molecular flexibility index (Phi) is 6.12. The summed E-state index contributed by atoms with van der Waals surface area (Å²) in [6.07, 6.45) is 3.95. The van der Waals surface area contributed by atoms with Gasteiger partial charge in [-0.2, -0.15) is 0 Å². The van der Waals surface area contributed by atoms with Gasteiger partial charge < -0.3 is 14.8 Å². The first-order chi connectivity index (χ1) is 14.7. The number of benzene rings is 2. The first kappa shape index (κ1) is 20.1. The summed E-state index contributed by atoms with van der Waals surface area (Å²) in [5.41, 5.74) is 2.71. The number of hydrogen-bond donors (Lipinski definition) is 1. The standard InChI is InChI=1S/C24H27FN4O/c1-2-15-29-22-10-6-5-9-21(22)27-24(29)28-16-12-19(13-17-28)23(30)26-14-11-18-7-3-4-8-20(18)25/h2-10,19H,1,11-17H2,(H,26,30). The molecule has 156 valence electrons. The Balaban J connectivity index is 1.34. The summed E-state index contributed by atoms with van der Waals surface area (Å²) in [5.74, 6) is 0.765. The molecule has 5 nitrogen and oxygen atoms in total. The van der Waals surface area contributed by atoms with Crippen LogP contribution in [0, 0.1) is 11.7 Å². The Hall–Kier alpha value is -3.15. The van der Waals surface area contributed by atoms with Crippen molar-refractivity contribution in [1.82, 2.24) is 14.9 Å². The zero-order valence-electron chi connectivity index (χ0n) is 17.1. The monoisotopic (exact) mass is 406 g/mol. The predicted molar refractivity (Wildman–Crippen MR) is 118 cm³/mol. The van der Waals surface area contributed by atoms with E-state index in [1.54, 1.807) is 12.1 Å². The summed E-state index contributed by atoms with van der Waals surface area (Å²) in [6.45, 7) is 6.60. The first-order valence-corrected chi connectivity index (χ1v) is 10.5. The number of fused-ring (bicyclic) bond motifs is 1. The number of carbonyl (C=O) groups excluding carboxylic acids is 1. The van der Waals surface area contributed by atoms with Crippen molar-refractivity contribution in [2.24, 2.45) is 5.92 Å². The average Bonchev–Trinajstić information content (AvgIpc) is 3.14. The lowest BCUT2D eigenvalue weighted by atomic mass is 9.96. The summed E-state index contributed by atoms with van der Waals surface area (Å²) >= 11 is 0. The Morgan fingerprint density at radius 3 is 2.67 bits per heavy atom. The molecule has 3 aromatic rings. The minimum atomic E-state index is -0.220. The second-order valence-corrected chi connectivity index (χ2v) is 7.69. The molecule has 2 aromatic carbocycles. The number of para-hydroxylation sites is 2. The molecule has 0 spiro atoms. The quantitative estimate of drug-likeness (QED) is 0.605. The fraction of sp³-hybridized carbons (Fsp3) is 0.333. The molecular formula is C24H27FN4O. The normalized spacial score (nSPS) is 14.8. The van der Waals surface area contributed by atoms with Crippen molar-refractivity contribution in [3.63, 3.8) is 0 Å². The largest absolute Gasteiger partial charge is 0.356 e. The Labute approximate surface area is 176 Å². The molecule has 1 aliphatic rings. The molecule has 2 heterocycles. The van der Waals surface area contributed by atoms with Crippen LogP contribution in [0.4, 0.5) is 10.3 Å². The Morgan fingerprint density at radius 1 is 1.17 bits per heavy atom. The minimum Gasteiger partial charge on any atom is -0.356 e. The smallest absolute Gasteiger partial charge is 0.223 e. The van der Waals surface area contributed by atoms with Crippen molar-refractivity contribution < 1.29 is 9.18 Å². The van der Waals surface area contributed by atoms with E-state index in [2.05, 4.69) is 27.4 Å². The molecule has 1 aromatic heterocycles. The number of rotatable bonds is 7. The van der Waals surface area contributed by atoms with Crippen LogP contribution < -0.4 is 10.2 Å². The van der Waals surface area contributed by atoms with E-state index in [0.29, 0.717) is 25.1 Å². The lowest BCUT2D eigenvalue weighted by Gasteiger charge is -2.32. The van der Waals surface area contributed by atoms with Crippen molar-refractivity contribution in [3.8, 4) is 0 Å². The van der Waals surface area contributed by atoms with Gasteiger partial charge in [-0.05, 0) is 43.0 Å². The van der Waals surface area contributed by atoms with Gasteiger partial charge in [-0.1, -0.05) is 36.4 Å². The lowest BCUT2D eigenvalue weighted by molar-refractivity contribution is -0.125. The third-order valence-electron chi connectivity index (χ3n) is 5.75. The molecule has 1 fully saturated rings. The molecule has 0 bridgehead atoms. The Morgan fingerprint density at radius 2 is 1.90 bits per heavy atom. The van der Waals surface area contributed by atoms with Gasteiger partial charge in [0, 0.05) is 32.1 Å². The zero-order valence-corrected chi connectivity index (χ0v) is 17.1. The van der Waals surface area contributed by atoms with Gasteiger partial charge in [0.15, 0.2) is 0 Å². The average molecular weight is 407 g/mol. The molecule has 0 radical (unpaired) electrons. The number of nitrogens with zero attached hydrogens (tertiary/aromatic N) is 3. The van der Waals surface area contributed by atoms with Gasteiger partial charge in [-0.25, -0.2) is 9.37 Å². The van der Waals surface area contributed by atoms with Crippen molar-refractivity contribution in [3.05, 3.63) is 72.6 Å². The molecule has 1 aliphatic heterocycles. The third kappa shape index (κ3) is 4.22. The predicted octanol–water partition coefficient (Wildman–Crippen LogP) is 3.94. The van der Waals surface area contributed by atoms with Crippen LogP contribution in [0.1, 0.15) is 18.4 Å². The molecule has 1 saturated heterocycles. The van der Waals surface area contributed by atoms with Gasteiger partial charge in [-0.3, -0.25) is 4.79 Å². The van der Waals surface area contributed by atoms with Crippen LogP contribution in [-0.2, 0) is 17.8 Å². The van der Waals surface area contributed by atoms with Gasteiger partial charge in [0.05, 0.1) is 11.0 Å². The molecule has 1 amide bonds. The number of carbonyl (C=O) groups is 1. The first-order valence-electron chi connectivity index (χ1n) is 10.5. The van der Waals surface area contributed by atoms with Gasteiger partial charge in [0.1, 0.15) is 5.82 Å². The van der Waals surface area contributed by atoms with Crippen LogP contribution >= 0.6 is 0 Å². The highest BCUT2D eigenvalue weighted by Crippen LogP contribution is 2.27. The highest BCUT2D eigenvalue weighted by molar-refractivity contribution is 5.80. The van der Waals surface area contributed by atoms with E-state index in [-0.39, 0.29) is 17.6 Å². The number of hydrogen-bond acceptors (Lipinski definition) is 3. The van der Waals surface area contributed by atoms with Crippen LogP contribution in [0.3, 0.4) is 0 Å². The highest BCUT2D eigenvalue weighted by Gasteiger charge is 2.27. The summed E-state index contributed by atoms with van der Waals surface area (Å²) in [7, 11) is 0. The molecular weight excluding hydrogens is 379 g/mol. The van der Waals surface area contributed by atoms with Crippen LogP contribution in [0.25, 0.3) is 11.0 Å².